The summed E-state index contributed by atoms with van der Waals surface area (Å²) >= 11 is 5.90. The molecule has 3 aromatic rings. The standard InChI is InChI=1S/C21H13F7N2O2S2/c1-2-32-19(31)10-8-11(9-6-4-3-5-7-9)34-18(10)30-20(33)29-17-15(24)13(22)12(21(26,27)28)14(23)16(17)25/h3-8H,2H2,1H3,(H2,29,30,33). The Hall–Kier alpha value is -3.19. The normalized spacial score (nSPS) is 11.3. The quantitative estimate of drug-likeness (QED) is 0.164. The van der Waals surface area contributed by atoms with E-state index in [1.165, 1.54) is 6.07 Å². The average molecular weight is 522 g/mol. The Labute approximate surface area is 197 Å². The Bertz CT molecular complexity index is 1220. The topological polar surface area (TPSA) is 50.4 Å². The molecule has 0 bridgehead atoms. The lowest BCUT2D eigenvalue weighted by atomic mass is 10.1. The molecule has 34 heavy (non-hydrogen) atoms. The van der Waals surface area contributed by atoms with Crippen LogP contribution in [-0.2, 0) is 10.9 Å². The molecular formula is C21H13F7N2O2S2. The van der Waals surface area contributed by atoms with Gasteiger partial charge in [0.25, 0.3) is 0 Å². The summed E-state index contributed by atoms with van der Waals surface area (Å²) in [4.78, 5) is 12.9. The zero-order valence-electron chi connectivity index (χ0n) is 16.9. The molecule has 3 rings (SSSR count). The summed E-state index contributed by atoms with van der Waals surface area (Å²) in [6.07, 6.45) is -5.67. The van der Waals surface area contributed by atoms with Crippen LogP contribution >= 0.6 is 23.6 Å². The van der Waals surface area contributed by atoms with Gasteiger partial charge in [-0.3, -0.25) is 0 Å². The van der Waals surface area contributed by atoms with E-state index in [-0.39, 0.29) is 17.2 Å². The van der Waals surface area contributed by atoms with Crippen LogP contribution in [0.5, 0.6) is 0 Å². The Morgan fingerprint density at radius 3 is 2.12 bits per heavy atom. The third-order valence-corrected chi connectivity index (χ3v) is 5.60. The Morgan fingerprint density at radius 2 is 1.59 bits per heavy atom. The first kappa shape index (κ1) is 25.4. The van der Waals surface area contributed by atoms with Gasteiger partial charge in [0, 0.05) is 4.88 Å². The molecule has 0 aliphatic rings. The van der Waals surface area contributed by atoms with Gasteiger partial charge in [0.15, 0.2) is 28.4 Å². The van der Waals surface area contributed by atoms with Gasteiger partial charge in [-0.1, -0.05) is 30.3 Å². The van der Waals surface area contributed by atoms with Crippen LogP contribution in [0.3, 0.4) is 0 Å². The Kier molecular flexibility index (Phi) is 7.46. The number of nitrogens with one attached hydrogen (secondary N) is 2. The van der Waals surface area contributed by atoms with Crippen molar-refractivity contribution in [1.82, 2.24) is 0 Å². The number of benzene rings is 2. The average Bonchev–Trinajstić information content (AvgIpc) is 3.19. The van der Waals surface area contributed by atoms with E-state index in [4.69, 9.17) is 17.0 Å². The van der Waals surface area contributed by atoms with E-state index >= 15 is 0 Å². The number of alkyl halides is 3. The van der Waals surface area contributed by atoms with Gasteiger partial charge < -0.3 is 15.4 Å². The van der Waals surface area contributed by atoms with Gasteiger partial charge >= 0.3 is 12.1 Å². The third-order valence-electron chi connectivity index (χ3n) is 4.30. The molecule has 4 nitrogen and oxygen atoms in total. The lowest BCUT2D eigenvalue weighted by Crippen LogP contribution is -2.24. The van der Waals surface area contributed by atoms with Crippen molar-refractivity contribution in [3.8, 4) is 10.4 Å². The summed E-state index contributed by atoms with van der Waals surface area (Å²) in [5, 5.41) is 3.69. The number of hydrogen-bond acceptors (Lipinski definition) is 4. The number of hydrogen-bond donors (Lipinski definition) is 2. The van der Waals surface area contributed by atoms with E-state index in [1.807, 2.05) is 5.32 Å². The first-order valence-electron chi connectivity index (χ1n) is 9.33. The molecule has 0 saturated carbocycles. The fraction of sp³-hybridized carbons (Fsp3) is 0.143. The van der Waals surface area contributed by atoms with Crippen LogP contribution in [-0.4, -0.2) is 17.7 Å². The highest BCUT2D eigenvalue weighted by Crippen LogP contribution is 2.39. The smallest absolute Gasteiger partial charge is 0.422 e. The number of carbonyl (C=O) groups excluding carboxylic acids is 1. The maximum atomic E-state index is 14.2. The lowest BCUT2D eigenvalue weighted by Gasteiger charge is -2.16. The molecule has 2 N–H and O–H groups in total. The summed E-state index contributed by atoms with van der Waals surface area (Å²) in [5.74, 6) is -10.7. The van der Waals surface area contributed by atoms with Crippen LogP contribution in [0.4, 0.5) is 41.4 Å². The molecule has 0 fully saturated rings. The first-order valence-corrected chi connectivity index (χ1v) is 10.6. The van der Waals surface area contributed by atoms with Crippen molar-refractivity contribution < 1.29 is 40.3 Å². The van der Waals surface area contributed by atoms with Crippen molar-refractivity contribution in [2.24, 2.45) is 0 Å². The predicted octanol–water partition coefficient (Wildman–Crippen LogP) is 6.98. The van der Waals surface area contributed by atoms with Crippen LogP contribution in [0.1, 0.15) is 22.8 Å². The second kappa shape index (κ2) is 9.97. The van der Waals surface area contributed by atoms with Crippen LogP contribution in [0.2, 0.25) is 0 Å². The number of ether oxygens (including phenoxy) is 1. The number of halogens is 7. The van der Waals surface area contributed by atoms with Crippen molar-refractivity contribution in [1.29, 1.82) is 0 Å². The highest BCUT2D eigenvalue weighted by Gasteiger charge is 2.42. The van der Waals surface area contributed by atoms with Gasteiger partial charge in [0.05, 0.1) is 12.2 Å². The summed E-state index contributed by atoms with van der Waals surface area (Å²) in [5.41, 5.74) is -3.56. The lowest BCUT2D eigenvalue weighted by molar-refractivity contribution is -0.143. The van der Waals surface area contributed by atoms with Crippen LogP contribution < -0.4 is 10.6 Å². The molecule has 180 valence electrons. The molecule has 2 aromatic carbocycles. The van der Waals surface area contributed by atoms with Crippen molar-refractivity contribution in [3.05, 3.63) is 70.8 Å². The molecule has 0 spiro atoms. The fourth-order valence-corrected chi connectivity index (χ4v) is 4.15. The maximum Gasteiger partial charge on any atom is 0.422 e. The highest BCUT2D eigenvalue weighted by atomic mass is 32.1. The van der Waals surface area contributed by atoms with Crippen molar-refractivity contribution in [2.45, 2.75) is 13.1 Å². The Balaban J connectivity index is 1.95. The molecule has 0 radical (unpaired) electrons. The summed E-state index contributed by atoms with van der Waals surface area (Å²) in [7, 11) is 0. The van der Waals surface area contributed by atoms with Gasteiger partial charge in [-0.15, -0.1) is 11.3 Å². The number of anilines is 2. The second-order valence-electron chi connectivity index (χ2n) is 6.52. The van der Waals surface area contributed by atoms with Gasteiger partial charge in [-0.05, 0) is 30.8 Å². The first-order chi connectivity index (χ1) is 16.0. The van der Waals surface area contributed by atoms with E-state index in [9.17, 15) is 35.5 Å². The number of thiocarbonyl (C=S) groups is 1. The van der Waals surface area contributed by atoms with Crippen LogP contribution in [0.25, 0.3) is 10.4 Å². The number of carbonyl (C=O) groups is 1. The van der Waals surface area contributed by atoms with E-state index in [2.05, 4.69) is 5.32 Å². The third kappa shape index (κ3) is 5.14. The second-order valence-corrected chi connectivity index (χ2v) is 7.98. The number of rotatable bonds is 5. The Morgan fingerprint density at radius 1 is 1.00 bits per heavy atom. The molecule has 0 atom stereocenters. The van der Waals surface area contributed by atoms with Gasteiger partial charge in [0.1, 0.15) is 16.3 Å². The minimum atomic E-state index is -5.67. The monoisotopic (exact) mass is 522 g/mol. The molecule has 1 aromatic heterocycles. The van der Waals surface area contributed by atoms with Gasteiger partial charge in [-0.25, -0.2) is 22.4 Å². The molecule has 1 heterocycles. The fourth-order valence-electron chi connectivity index (χ4n) is 2.83. The molecule has 0 aliphatic carbocycles. The van der Waals surface area contributed by atoms with E-state index in [0.717, 1.165) is 11.3 Å². The number of esters is 1. The van der Waals surface area contributed by atoms with E-state index in [0.29, 0.717) is 10.4 Å². The maximum absolute atomic E-state index is 14.2. The summed E-state index contributed by atoms with van der Waals surface area (Å²) in [6.45, 7) is 1.61. The summed E-state index contributed by atoms with van der Waals surface area (Å²) < 4.78 is 99.3. The van der Waals surface area contributed by atoms with Gasteiger partial charge in [-0.2, -0.15) is 13.2 Å². The zero-order valence-corrected chi connectivity index (χ0v) is 18.6. The van der Waals surface area contributed by atoms with Crippen molar-refractivity contribution >= 4 is 45.3 Å². The molecule has 0 saturated heterocycles. The van der Waals surface area contributed by atoms with Gasteiger partial charge in [0.2, 0.25) is 0 Å². The van der Waals surface area contributed by atoms with E-state index < -0.39 is 51.8 Å². The minimum Gasteiger partial charge on any atom is -0.462 e. The van der Waals surface area contributed by atoms with Crippen LogP contribution in [0.15, 0.2) is 36.4 Å². The van der Waals surface area contributed by atoms with Crippen molar-refractivity contribution in [3.63, 3.8) is 0 Å². The molecule has 0 unspecified atom stereocenters. The minimum absolute atomic E-state index is 0.000535. The molecule has 0 amide bonds. The molecular weight excluding hydrogens is 509 g/mol. The molecule has 0 aliphatic heterocycles. The van der Waals surface area contributed by atoms with Crippen molar-refractivity contribution in [2.75, 3.05) is 17.2 Å². The predicted molar refractivity (Wildman–Crippen MR) is 117 cm³/mol. The van der Waals surface area contributed by atoms with Crippen LogP contribution in [0, 0.1) is 23.3 Å². The highest BCUT2D eigenvalue weighted by molar-refractivity contribution is 7.80. The van der Waals surface area contributed by atoms with E-state index in [1.54, 1.807) is 37.3 Å². The molecule has 13 heteroatoms. The SMILES string of the molecule is CCOC(=O)c1cc(-c2ccccc2)sc1NC(=S)Nc1c(F)c(F)c(C(F)(F)F)c(F)c1F. The number of thiophene rings is 1. The summed E-state index contributed by atoms with van der Waals surface area (Å²) in [6, 6.07) is 10.2. The zero-order chi connectivity index (χ0) is 25.2. The largest absolute Gasteiger partial charge is 0.462 e.